The maximum absolute atomic E-state index is 13.5. The summed E-state index contributed by atoms with van der Waals surface area (Å²) in [7, 11) is 0. The standard InChI is InChI=1S/C16H23FN2/c1-16(2)10-19(8-7-15(16)18)14-6-4-11-3-5-12(17)9-13(11)14/h3,5,9,14-15H,4,6-8,10,18H2,1-2H3. The molecule has 2 nitrogen and oxygen atoms in total. The molecule has 0 aromatic heterocycles. The summed E-state index contributed by atoms with van der Waals surface area (Å²) in [6.07, 6.45) is 3.22. The molecule has 1 saturated heterocycles. The third-order valence-corrected chi connectivity index (χ3v) is 4.94. The van der Waals surface area contributed by atoms with Crippen molar-refractivity contribution in [2.24, 2.45) is 11.1 Å². The van der Waals surface area contributed by atoms with E-state index in [1.807, 2.05) is 6.07 Å². The molecule has 1 aromatic rings. The van der Waals surface area contributed by atoms with Crippen molar-refractivity contribution in [1.29, 1.82) is 0 Å². The van der Waals surface area contributed by atoms with E-state index < -0.39 is 0 Å². The second-order valence-corrected chi connectivity index (χ2v) is 6.75. The summed E-state index contributed by atoms with van der Waals surface area (Å²) in [5.41, 5.74) is 8.87. The second-order valence-electron chi connectivity index (χ2n) is 6.75. The van der Waals surface area contributed by atoms with E-state index in [0.717, 1.165) is 32.4 Å². The van der Waals surface area contributed by atoms with Crippen molar-refractivity contribution < 1.29 is 4.39 Å². The van der Waals surface area contributed by atoms with Gasteiger partial charge in [0, 0.05) is 25.2 Å². The molecule has 0 spiro atoms. The molecule has 2 aliphatic rings. The van der Waals surface area contributed by atoms with Gasteiger partial charge in [-0.05, 0) is 47.9 Å². The lowest BCUT2D eigenvalue weighted by Gasteiger charge is -2.45. The molecule has 2 atom stereocenters. The number of fused-ring (bicyclic) bond motifs is 1. The summed E-state index contributed by atoms with van der Waals surface area (Å²) < 4.78 is 13.5. The van der Waals surface area contributed by atoms with E-state index in [9.17, 15) is 4.39 Å². The van der Waals surface area contributed by atoms with Gasteiger partial charge in [0.2, 0.25) is 0 Å². The number of likely N-dealkylation sites (tertiary alicyclic amines) is 1. The molecule has 0 saturated carbocycles. The minimum atomic E-state index is -0.112. The molecule has 2 unspecified atom stereocenters. The fourth-order valence-corrected chi connectivity index (χ4v) is 3.61. The second kappa shape index (κ2) is 4.57. The summed E-state index contributed by atoms with van der Waals surface area (Å²) in [6.45, 7) is 6.52. The average Bonchev–Trinajstić information content (AvgIpc) is 2.75. The first-order valence-electron chi connectivity index (χ1n) is 7.25. The maximum Gasteiger partial charge on any atom is 0.123 e. The largest absolute Gasteiger partial charge is 0.327 e. The number of rotatable bonds is 1. The molecule has 0 radical (unpaired) electrons. The van der Waals surface area contributed by atoms with Crippen molar-refractivity contribution in [2.45, 2.75) is 45.2 Å². The highest BCUT2D eigenvalue weighted by Gasteiger charge is 2.38. The molecule has 19 heavy (non-hydrogen) atoms. The van der Waals surface area contributed by atoms with Crippen LogP contribution in [-0.2, 0) is 6.42 Å². The van der Waals surface area contributed by atoms with E-state index >= 15 is 0 Å². The first-order valence-corrected chi connectivity index (χ1v) is 7.25. The van der Waals surface area contributed by atoms with Crippen LogP contribution in [0.2, 0.25) is 0 Å². The number of halogens is 1. The summed E-state index contributed by atoms with van der Waals surface area (Å²) in [4.78, 5) is 2.51. The predicted octanol–water partition coefficient (Wildman–Crippen LogP) is 2.87. The van der Waals surface area contributed by atoms with Crippen LogP contribution in [0.5, 0.6) is 0 Å². The molecule has 2 N–H and O–H groups in total. The normalized spacial score (nSPS) is 30.3. The molecule has 1 fully saturated rings. The van der Waals surface area contributed by atoms with Crippen LogP contribution in [0.3, 0.4) is 0 Å². The number of benzene rings is 1. The molecule has 1 aromatic carbocycles. The molecular formula is C16H23FN2. The van der Waals surface area contributed by atoms with E-state index in [1.165, 1.54) is 11.1 Å². The van der Waals surface area contributed by atoms with Crippen molar-refractivity contribution in [3.8, 4) is 0 Å². The Morgan fingerprint density at radius 3 is 2.84 bits per heavy atom. The minimum Gasteiger partial charge on any atom is -0.327 e. The SMILES string of the molecule is CC1(C)CN(C2CCc3ccc(F)cc32)CCC1N. The third kappa shape index (κ3) is 2.30. The van der Waals surface area contributed by atoms with Crippen molar-refractivity contribution in [1.82, 2.24) is 4.90 Å². The number of nitrogens with zero attached hydrogens (tertiary/aromatic N) is 1. The van der Waals surface area contributed by atoms with Crippen LogP contribution < -0.4 is 5.73 Å². The fourth-order valence-electron chi connectivity index (χ4n) is 3.61. The number of hydrogen-bond acceptors (Lipinski definition) is 2. The van der Waals surface area contributed by atoms with E-state index in [2.05, 4.69) is 18.7 Å². The van der Waals surface area contributed by atoms with Gasteiger partial charge in [0.25, 0.3) is 0 Å². The van der Waals surface area contributed by atoms with Crippen LogP contribution in [-0.4, -0.2) is 24.0 Å². The van der Waals surface area contributed by atoms with Gasteiger partial charge in [0.1, 0.15) is 5.82 Å². The lowest BCUT2D eigenvalue weighted by molar-refractivity contribution is 0.0607. The van der Waals surface area contributed by atoms with Crippen LogP contribution in [0.4, 0.5) is 4.39 Å². The highest BCUT2D eigenvalue weighted by Crippen LogP contribution is 2.40. The zero-order chi connectivity index (χ0) is 13.6. The highest BCUT2D eigenvalue weighted by molar-refractivity contribution is 5.35. The van der Waals surface area contributed by atoms with E-state index in [0.29, 0.717) is 6.04 Å². The molecule has 0 amide bonds. The quantitative estimate of drug-likeness (QED) is 0.843. The van der Waals surface area contributed by atoms with Crippen LogP contribution >= 0.6 is 0 Å². The van der Waals surface area contributed by atoms with Crippen molar-refractivity contribution >= 4 is 0 Å². The van der Waals surface area contributed by atoms with Gasteiger partial charge in [-0.1, -0.05) is 19.9 Å². The number of aryl methyl sites for hydroxylation is 1. The molecule has 3 rings (SSSR count). The summed E-state index contributed by atoms with van der Waals surface area (Å²) in [6, 6.07) is 5.92. The predicted molar refractivity (Wildman–Crippen MR) is 75.4 cm³/mol. The Morgan fingerprint density at radius 2 is 2.11 bits per heavy atom. The Morgan fingerprint density at radius 1 is 1.32 bits per heavy atom. The first-order chi connectivity index (χ1) is 8.97. The van der Waals surface area contributed by atoms with E-state index in [-0.39, 0.29) is 17.3 Å². The van der Waals surface area contributed by atoms with Gasteiger partial charge < -0.3 is 5.73 Å². The van der Waals surface area contributed by atoms with Gasteiger partial charge in [0.05, 0.1) is 0 Å². The van der Waals surface area contributed by atoms with E-state index in [1.54, 1.807) is 12.1 Å². The van der Waals surface area contributed by atoms with Gasteiger partial charge in [-0.15, -0.1) is 0 Å². The lowest BCUT2D eigenvalue weighted by Crippen LogP contribution is -2.52. The number of hydrogen-bond donors (Lipinski definition) is 1. The van der Waals surface area contributed by atoms with Crippen molar-refractivity contribution in [2.75, 3.05) is 13.1 Å². The summed E-state index contributed by atoms with van der Waals surface area (Å²) in [5, 5.41) is 0. The van der Waals surface area contributed by atoms with Gasteiger partial charge in [-0.2, -0.15) is 0 Å². The van der Waals surface area contributed by atoms with Gasteiger partial charge in [-0.25, -0.2) is 4.39 Å². The zero-order valence-corrected chi connectivity index (χ0v) is 11.8. The van der Waals surface area contributed by atoms with Crippen molar-refractivity contribution in [3.05, 3.63) is 35.1 Å². The Bertz CT molecular complexity index is 484. The van der Waals surface area contributed by atoms with Crippen LogP contribution in [0.1, 0.15) is 43.9 Å². The van der Waals surface area contributed by atoms with Crippen molar-refractivity contribution in [3.63, 3.8) is 0 Å². The van der Waals surface area contributed by atoms with Gasteiger partial charge >= 0.3 is 0 Å². The van der Waals surface area contributed by atoms with Gasteiger partial charge in [0.15, 0.2) is 0 Å². The Hall–Kier alpha value is -0.930. The van der Waals surface area contributed by atoms with Crippen LogP contribution in [0.25, 0.3) is 0 Å². The van der Waals surface area contributed by atoms with Gasteiger partial charge in [-0.3, -0.25) is 4.90 Å². The lowest BCUT2D eigenvalue weighted by atomic mass is 9.79. The Balaban J connectivity index is 1.84. The fraction of sp³-hybridized carbons (Fsp3) is 0.625. The van der Waals surface area contributed by atoms with Crippen LogP contribution in [0.15, 0.2) is 18.2 Å². The highest BCUT2D eigenvalue weighted by atomic mass is 19.1. The summed E-state index contributed by atoms with van der Waals surface area (Å²) >= 11 is 0. The molecule has 104 valence electrons. The third-order valence-electron chi connectivity index (χ3n) is 4.94. The Labute approximate surface area is 114 Å². The van der Waals surface area contributed by atoms with E-state index in [4.69, 9.17) is 5.73 Å². The monoisotopic (exact) mass is 262 g/mol. The molecule has 3 heteroatoms. The molecule has 0 bridgehead atoms. The maximum atomic E-state index is 13.5. The zero-order valence-electron chi connectivity index (χ0n) is 11.8. The molecular weight excluding hydrogens is 239 g/mol. The number of piperidine rings is 1. The first kappa shape index (κ1) is 13.1. The molecule has 1 aliphatic carbocycles. The van der Waals surface area contributed by atoms with Crippen LogP contribution in [0, 0.1) is 11.2 Å². The molecule has 1 aliphatic heterocycles. The minimum absolute atomic E-state index is 0.112. The summed E-state index contributed by atoms with van der Waals surface area (Å²) in [5.74, 6) is -0.112. The molecule has 1 heterocycles. The number of nitrogens with two attached hydrogens (primary N) is 1. The average molecular weight is 262 g/mol. The topological polar surface area (TPSA) is 29.3 Å². The smallest absolute Gasteiger partial charge is 0.123 e. The Kier molecular flexibility index (Phi) is 3.14.